The van der Waals surface area contributed by atoms with Gasteiger partial charge in [0.15, 0.2) is 0 Å². The van der Waals surface area contributed by atoms with Crippen molar-refractivity contribution in [3.63, 3.8) is 0 Å². The molecule has 0 radical (unpaired) electrons. The molecule has 4 heterocycles. The quantitative estimate of drug-likeness (QED) is 0.113. The van der Waals surface area contributed by atoms with Gasteiger partial charge < -0.3 is 18.9 Å². The first kappa shape index (κ1) is 76.4. The Morgan fingerprint density at radius 3 is 0.821 bits per heavy atom. The number of fused-ring (bicyclic) bond motifs is 10. The zero-order chi connectivity index (χ0) is 84.0. The van der Waals surface area contributed by atoms with Crippen molar-refractivity contribution in [3.8, 4) is 100 Å². The summed E-state index contributed by atoms with van der Waals surface area (Å²) in [6.07, 6.45) is 0. The third-order valence-corrected chi connectivity index (χ3v) is 26.0. The minimum absolute atomic E-state index is 0.0950. The summed E-state index contributed by atoms with van der Waals surface area (Å²) < 4.78 is 5.18. The topological polar surface area (TPSA) is 16.3 Å². The van der Waals surface area contributed by atoms with Gasteiger partial charge in [0.1, 0.15) is 0 Å². The molecule has 0 bridgehead atoms. The van der Waals surface area contributed by atoms with Crippen LogP contribution in [0.25, 0.3) is 144 Å². The van der Waals surface area contributed by atoms with Crippen LogP contribution in [-0.4, -0.2) is 15.8 Å². The highest BCUT2D eigenvalue weighted by Gasteiger charge is 2.45. The summed E-state index contributed by atoms with van der Waals surface area (Å²) in [5, 5.41) is 4.85. The van der Waals surface area contributed by atoms with Crippen molar-refractivity contribution in [2.24, 2.45) is 0 Å². The number of para-hydroxylation sites is 6. The summed E-state index contributed by atoms with van der Waals surface area (Å²) in [4.78, 5) is 5.30. The summed E-state index contributed by atoms with van der Waals surface area (Å²) in [7, 11) is 0. The van der Waals surface area contributed by atoms with Crippen molar-refractivity contribution < 1.29 is 0 Å². The van der Waals surface area contributed by atoms with E-state index in [1.807, 2.05) is 0 Å². The normalized spacial score (nSPS) is 12.8. The van der Waals surface area contributed by atoms with Crippen molar-refractivity contribution in [3.05, 3.63) is 404 Å². The number of rotatable bonds is 12. The highest BCUT2D eigenvalue weighted by Crippen LogP contribution is 2.53. The number of nitrogens with zero attached hydrogens (tertiary/aromatic N) is 4. The predicted octanol–water partition coefficient (Wildman–Crippen LogP) is 30.5. The van der Waals surface area contributed by atoms with Gasteiger partial charge in [-0.15, -0.1) is 0 Å². The Labute approximate surface area is 724 Å². The summed E-state index contributed by atoms with van der Waals surface area (Å²) in [5.74, 6) is 0. The molecular weight excluding hydrogens is 1480 g/mol. The van der Waals surface area contributed by atoms with Crippen LogP contribution < -0.4 is 26.2 Å². The molecule has 21 rings (SSSR count). The molecule has 0 saturated heterocycles. The zero-order valence-electron chi connectivity index (χ0n) is 72.2. The van der Waals surface area contributed by atoms with E-state index in [4.69, 9.17) is 0 Å². The average molecular weight is 1580 g/mol. The van der Waals surface area contributed by atoms with Crippen LogP contribution in [0.1, 0.15) is 105 Å². The van der Waals surface area contributed by atoms with Gasteiger partial charge in [-0.1, -0.05) is 368 Å². The van der Waals surface area contributed by atoms with E-state index in [1.165, 1.54) is 93.5 Å². The minimum atomic E-state index is -0.261. The van der Waals surface area contributed by atoms with Gasteiger partial charge in [-0.25, -0.2) is 0 Å². The first-order chi connectivity index (χ1) is 59.5. The van der Waals surface area contributed by atoms with Crippen molar-refractivity contribution in [2.45, 2.75) is 105 Å². The van der Waals surface area contributed by atoms with Gasteiger partial charge in [0.2, 0.25) is 0 Å². The van der Waals surface area contributed by atoms with Crippen LogP contribution in [0.3, 0.4) is 0 Å². The Bertz CT molecular complexity index is 6780. The van der Waals surface area contributed by atoms with Gasteiger partial charge in [0.25, 0.3) is 6.71 Å². The van der Waals surface area contributed by atoms with E-state index >= 15 is 0 Å². The van der Waals surface area contributed by atoms with Crippen LogP contribution in [0.15, 0.2) is 382 Å². The van der Waals surface area contributed by atoms with Gasteiger partial charge in [-0.05, 0) is 224 Å². The maximum Gasteiger partial charge on any atom is 0.252 e. The number of anilines is 6. The minimum Gasteiger partial charge on any atom is -0.311 e. The maximum absolute atomic E-state index is 2.65. The van der Waals surface area contributed by atoms with E-state index in [0.717, 1.165) is 123 Å². The third-order valence-electron chi connectivity index (χ3n) is 26.0. The zero-order valence-corrected chi connectivity index (χ0v) is 72.2. The Balaban J connectivity index is 0.865. The molecule has 594 valence electrons. The van der Waals surface area contributed by atoms with E-state index in [9.17, 15) is 0 Å². The molecule has 0 N–H and O–H groups in total. The maximum atomic E-state index is 2.65. The van der Waals surface area contributed by atoms with Crippen LogP contribution in [0.2, 0.25) is 0 Å². The summed E-state index contributed by atoms with van der Waals surface area (Å²) in [6.45, 7) is 27.9. The lowest BCUT2D eigenvalue weighted by atomic mass is 9.33. The van der Waals surface area contributed by atoms with E-state index in [0.29, 0.717) is 0 Å². The largest absolute Gasteiger partial charge is 0.311 e. The molecule has 0 fully saturated rings. The molecule has 0 saturated carbocycles. The Hall–Kier alpha value is -14.0. The molecule has 0 amide bonds. The lowest BCUT2D eigenvalue weighted by Gasteiger charge is -2.45. The van der Waals surface area contributed by atoms with Crippen LogP contribution in [0.4, 0.5) is 34.1 Å². The second-order valence-corrected chi connectivity index (χ2v) is 38.1. The number of hydrogen-bond acceptors (Lipinski definition) is 2. The molecule has 4 nitrogen and oxygen atoms in total. The van der Waals surface area contributed by atoms with Crippen LogP contribution in [0.5, 0.6) is 0 Å². The Morgan fingerprint density at radius 1 is 0.195 bits per heavy atom. The fraction of sp³-hybridized carbons (Fsp3) is 0.136. The summed E-state index contributed by atoms with van der Waals surface area (Å²) in [5.41, 5.74) is 40.6. The van der Waals surface area contributed by atoms with Gasteiger partial charge in [0, 0.05) is 77.9 Å². The lowest BCUT2D eigenvalue weighted by Crippen LogP contribution is -2.61. The van der Waals surface area contributed by atoms with Crippen molar-refractivity contribution in [1.29, 1.82) is 0 Å². The molecule has 0 aliphatic carbocycles. The molecule has 0 spiro atoms. The molecule has 17 aromatic carbocycles. The molecule has 0 unspecified atom stereocenters. The number of aromatic nitrogens is 2. The molecule has 0 atom stereocenters. The number of hydrogen-bond donors (Lipinski definition) is 0. The molecule has 123 heavy (non-hydrogen) atoms. The highest BCUT2D eigenvalue weighted by atomic mass is 15.2. The average Bonchev–Trinajstić information content (AvgIpc) is 1.39. The second kappa shape index (κ2) is 29.4. The van der Waals surface area contributed by atoms with E-state index in [-0.39, 0.29) is 28.4 Å². The predicted molar refractivity (Wildman–Crippen MR) is 527 cm³/mol. The van der Waals surface area contributed by atoms with Crippen molar-refractivity contribution in [2.75, 3.05) is 9.80 Å². The highest BCUT2D eigenvalue weighted by molar-refractivity contribution is 7.00. The Kier molecular flexibility index (Phi) is 18.3. The third kappa shape index (κ3) is 13.3. The Morgan fingerprint density at radius 2 is 0.472 bits per heavy atom. The number of benzene rings is 17. The van der Waals surface area contributed by atoms with Crippen molar-refractivity contribution in [1.82, 2.24) is 9.13 Å². The van der Waals surface area contributed by atoms with Crippen LogP contribution in [0, 0.1) is 0 Å². The van der Waals surface area contributed by atoms with Crippen LogP contribution in [-0.2, 0) is 21.7 Å². The molecule has 19 aromatic rings. The first-order valence-electron chi connectivity index (χ1n) is 43.6. The van der Waals surface area contributed by atoms with Gasteiger partial charge >= 0.3 is 0 Å². The second-order valence-electron chi connectivity index (χ2n) is 38.1. The van der Waals surface area contributed by atoms with Gasteiger partial charge in [0.05, 0.1) is 33.4 Å². The smallest absolute Gasteiger partial charge is 0.252 e. The molecular formula is C118H99BN4. The SMILES string of the molecule is CC(C)(C)c1cc(-c2cccc3c4ccccc4n(-c4ccc5c(c4)N(c4ccccc4-c4cc(-c6ccccc6)cc(-c6ccccc6)c4)c4cccc6c4B5c4ccc(-n5c7ccccc7c7cccc(-c8cc(C(C)(C)C)cc(C(C)(C)C)c8)c75)cc4N6c4ccccc4-c4cc(-c5ccccc5)cc(-c5ccccc5)c4)c23)cc(C(C)(C)C)c1. The molecule has 2 aromatic heterocycles. The van der Waals surface area contributed by atoms with E-state index in [1.54, 1.807) is 0 Å². The van der Waals surface area contributed by atoms with Crippen molar-refractivity contribution >= 4 is 101 Å². The molecule has 2 aliphatic rings. The molecule has 5 heteroatoms. The standard InChI is InChI=1S/C118H99BN4/c1-115(2,3)88-68-86(69-89(72-88)116(4,5)6)96-48-33-50-100-98-46-27-31-54-106(98)120(113(96)100)92-58-60-102-110(74-92)122(104-52-29-25-44-94(104)84-64-80(76-36-17-13-18-37-76)62-81(65-84)77-38-19-14-20-39-77)108-56-35-57-109-112(108)119(102)103-61-59-93(121-107-55-32-28-47-99(107)101-51-34-49-97(114(101)121)87-70-90(117(7,8)9)73-91(71-87)118(10,11)12)75-111(103)123(109)105-53-30-26-45-95(105)85-66-82(78-40-21-15-22-41-78)63-83(67-85)79-42-23-16-24-43-79/h13-75H,1-12H3. The van der Waals surface area contributed by atoms with Crippen LogP contribution >= 0.6 is 0 Å². The summed E-state index contributed by atoms with van der Waals surface area (Å²) in [6, 6.07) is 145. The fourth-order valence-corrected chi connectivity index (χ4v) is 19.6. The fourth-order valence-electron chi connectivity index (χ4n) is 19.6. The van der Waals surface area contributed by atoms with E-state index < -0.39 is 0 Å². The molecule has 2 aliphatic heterocycles. The first-order valence-corrected chi connectivity index (χ1v) is 43.6. The van der Waals surface area contributed by atoms with E-state index in [2.05, 4.69) is 484 Å². The lowest BCUT2D eigenvalue weighted by molar-refractivity contribution is 0.568. The van der Waals surface area contributed by atoms with Gasteiger partial charge in [-0.3, -0.25) is 0 Å². The van der Waals surface area contributed by atoms with Gasteiger partial charge in [-0.2, -0.15) is 0 Å². The summed E-state index contributed by atoms with van der Waals surface area (Å²) >= 11 is 0. The monoisotopic (exact) mass is 1580 g/mol.